The lowest BCUT2D eigenvalue weighted by Crippen LogP contribution is -2.28. The standard InChI is InChI=1S/C38H45ClN2O6S2/c1-7-19-40-32-15-11-26(48-47-46-42)22-30(32)37(3,4)34(40)17-13-28-24-9-10-25(21-24)29(36(28)39)14-18-35-38(5,6)31-23-27(49(43,44)45)12-16-33(31)41(35)20-8-2/h11-18,22-25H,7-10,19-21H2,1-6H3,(H-,42,43,44,45)/p+1. The number of allylic oxidation sites excluding steroid dienone is 8. The molecule has 2 unspecified atom stereocenters. The molecular weight excluding hydrogens is 680 g/mol. The molecule has 6 rings (SSSR count). The fourth-order valence-corrected chi connectivity index (χ4v) is 9.67. The van der Waals surface area contributed by atoms with E-state index in [2.05, 4.69) is 92.5 Å². The van der Waals surface area contributed by atoms with Crippen molar-refractivity contribution in [1.82, 2.24) is 0 Å². The Bertz CT molecular complexity index is 1920. The highest BCUT2D eigenvalue weighted by atomic mass is 35.5. The average molecular weight is 726 g/mol. The largest absolute Gasteiger partial charge is 0.344 e. The molecule has 2 aliphatic heterocycles. The van der Waals surface area contributed by atoms with E-state index < -0.39 is 15.5 Å². The van der Waals surface area contributed by atoms with Crippen molar-refractivity contribution in [2.45, 2.75) is 94.3 Å². The van der Waals surface area contributed by atoms with Gasteiger partial charge in [0, 0.05) is 57.4 Å². The van der Waals surface area contributed by atoms with E-state index in [1.807, 2.05) is 6.07 Å². The van der Waals surface area contributed by atoms with Gasteiger partial charge >= 0.3 is 0 Å². The van der Waals surface area contributed by atoms with Crippen LogP contribution in [0.4, 0.5) is 11.4 Å². The smallest absolute Gasteiger partial charge is 0.294 e. The maximum Gasteiger partial charge on any atom is 0.294 e. The summed E-state index contributed by atoms with van der Waals surface area (Å²) in [6, 6.07) is 11.1. The maximum absolute atomic E-state index is 12.0. The molecule has 0 radical (unpaired) electrons. The van der Waals surface area contributed by atoms with Crippen LogP contribution in [0, 0.1) is 11.8 Å². The zero-order chi connectivity index (χ0) is 35.3. The normalized spacial score (nSPS) is 24.2. The first-order valence-electron chi connectivity index (χ1n) is 17.1. The van der Waals surface area contributed by atoms with Crippen LogP contribution in [0.25, 0.3) is 0 Å². The summed E-state index contributed by atoms with van der Waals surface area (Å²) in [4.78, 5) is 3.02. The van der Waals surface area contributed by atoms with Gasteiger partial charge in [-0.25, -0.2) is 5.26 Å². The first-order valence-corrected chi connectivity index (χ1v) is 19.6. The van der Waals surface area contributed by atoms with Crippen molar-refractivity contribution in [2.75, 3.05) is 18.0 Å². The number of hydrogen-bond donors (Lipinski definition) is 2. The quantitative estimate of drug-likeness (QED) is 0.0777. The van der Waals surface area contributed by atoms with Crippen molar-refractivity contribution in [1.29, 1.82) is 0 Å². The lowest BCUT2D eigenvalue weighted by Gasteiger charge is -2.28. The van der Waals surface area contributed by atoms with Gasteiger partial charge in [0.25, 0.3) is 10.1 Å². The van der Waals surface area contributed by atoms with Crippen molar-refractivity contribution in [3.8, 4) is 0 Å². The lowest BCUT2D eigenvalue weighted by molar-refractivity contribution is -0.437. The maximum atomic E-state index is 12.0. The third-order valence-corrected chi connectivity index (χ3v) is 12.6. The van der Waals surface area contributed by atoms with E-state index in [9.17, 15) is 13.0 Å². The second kappa shape index (κ2) is 13.8. The van der Waals surface area contributed by atoms with E-state index in [1.54, 1.807) is 12.1 Å². The van der Waals surface area contributed by atoms with Gasteiger partial charge in [0.1, 0.15) is 6.54 Å². The molecule has 0 amide bonds. The van der Waals surface area contributed by atoms with E-state index in [0.29, 0.717) is 11.8 Å². The predicted octanol–water partition coefficient (Wildman–Crippen LogP) is 9.64. The number of anilines is 1. The monoisotopic (exact) mass is 725 g/mol. The van der Waals surface area contributed by atoms with Crippen molar-refractivity contribution in [3.05, 3.63) is 93.7 Å². The molecule has 8 nitrogen and oxygen atoms in total. The molecule has 2 N–H and O–H groups in total. The Hall–Kier alpha value is -2.70. The molecule has 0 saturated heterocycles. The van der Waals surface area contributed by atoms with Gasteiger partial charge < -0.3 is 4.90 Å². The van der Waals surface area contributed by atoms with Crippen molar-refractivity contribution in [2.24, 2.45) is 11.8 Å². The average Bonchev–Trinajstić information content (AvgIpc) is 3.64. The van der Waals surface area contributed by atoms with E-state index in [-0.39, 0.29) is 10.3 Å². The molecule has 2 aromatic rings. The summed E-state index contributed by atoms with van der Waals surface area (Å²) in [6.07, 6.45) is 14.0. The molecule has 1 fully saturated rings. The van der Waals surface area contributed by atoms with Gasteiger partial charge in [0.2, 0.25) is 5.69 Å². The Kier molecular flexibility index (Phi) is 10.2. The van der Waals surface area contributed by atoms with Crippen LogP contribution in [0.2, 0.25) is 0 Å². The Morgan fingerprint density at radius 3 is 2.45 bits per heavy atom. The number of hydrogen-bond acceptors (Lipinski definition) is 7. The Labute approximate surface area is 299 Å². The summed E-state index contributed by atoms with van der Waals surface area (Å²) in [5, 5.41) is 13.3. The second-order valence-corrected chi connectivity index (χ2v) is 17.1. The van der Waals surface area contributed by atoms with Crippen LogP contribution in [0.15, 0.2) is 92.4 Å². The lowest BCUT2D eigenvalue weighted by atomic mass is 9.80. The van der Waals surface area contributed by atoms with Gasteiger partial charge in [-0.1, -0.05) is 56.5 Å². The summed E-state index contributed by atoms with van der Waals surface area (Å²) in [5.74, 6) is 0.800. The first-order chi connectivity index (χ1) is 23.2. The van der Waals surface area contributed by atoms with Crippen LogP contribution < -0.4 is 4.90 Å². The number of benzene rings is 2. The van der Waals surface area contributed by atoms with Crippen molar-refractivity contribution in [3.63, 3.8) is 0 Å². The Morgan fingerprint density at radius 1 is 1.00 bits per heavy atom. The third kappa shape index (κ3) is 6.50. The van der Waals surface area contributed by atoms with E-state index >= 15 is 0 Å². The molecule has 0 aromatic heterocycles. The second-order valence-electron chi connectivity index (χ2n) is 14.5. The Balaban J connectivity index is 1.38. The minimum Gasteiger partial charge on any atom is -0.344 e. The summed E-state index contributed by atoms with van der Waals surface area (Å²) < 4.78 is 40.9. The van der Waals surface area contributed by atoms with Crippen LogP contribution in [-0.4, -0.2) is 41.6 Å². The third-order valence-electron chi connectivity index (χ3n) is 10.7. The molecule has 2 heterocycles. The summed E-state index contributed by atoms with van der Waals surface area (Å²) in [7, 11) is -4.32. The number of nitrogens with zero attached hydrogens (tertiary/aromatic N) is 2. The molecule has 2 atom stereocenters. The van der Waals surface area contributed by atoms with Crippen LogP contribution >= 0.6 is 23.6 Å². The molecule has 2 aliphatic carbocycles. The molecule has 11 heteroatoms. The van der Waals surface area contributed by atoms with Gasteiger partial charge in [0.05, 0.1) is 22.4 Å². The number of halogens is 1. The number of fused-ring (bicyclic) bond motifs is 4. The van der Waals surface area contributed by atoms with Gasteiger partial charge in [-0.2, -0.15) is 13.0 Å². The van der Waals surface area contributed by atoms with E-state index in [0.717, 1.165) is 95.4 Å². The van der Waals surface area contributed by atoms with Gasteiger partial charge in [-0.05, 0) is 104 Å². The summed E-state index contributed by atoms with van der Waals surface area (Å²) >= 11 is 8.33. The van der Waals surface area contributed by atoms with Gasteiger partial charge in [-0.15, -0.1) is 4.33 Å². The zero-order valence-electron chi connectivity index (χ0n) is 29.0. The fraction of sp³-hybridized carbons (Fsp3) is 0.447. The first kappa shape index (κ1) is 36.1. The van der Waals surface area contributed by atoms with Crippen LogP contribution in [0.3, 0.4) is 0 Å². The molecule has 2 bridgehead atoms. The highest BCUT2D eigenvalue weighted by molar-refractivity contribution is 7.94. The predicted molar refractivity (Wildman–Crippen MR) is 196 cm³/mol. The molecule has 0 spiro atoms. The van der Waals surface area contributed by atoms with E-state index in [1.165, 1.54) is 22.9 Å². The van der Waals surface area contributed by atoms with Crippen molar-refractivity contribution >= 4 is 50.8 Å². The highest BCUT2D eigenvalue weighted by Crippen LogP contribution is 2.52. The SMILES string of the molecule is CCCN1C(=CC=C2C(Cl)=C(C=CC3=[N+](CCC)c4ccc(SOOO)cc4C3(C)C)C3CCC2C3)C(C)(C)c2cc(S(=O)(=O)O)ccc21. The van der Waals surface area contributed by atoms with Crippen molar-refractivity contribution < 1.29 is 32.2 Å². The van der Waals surface area contributed by atoms with Crippen LogP contribution in [0.5, 0.6) is 0 Å². The number of rotatable bonds is 11. The minimum absolute atomic E-state index is 0.0874. The minimum atomic E-state index is -4.32. The molecular formula is C38H46ClN2O6S2+. The van der Waals surface area contributed by atoms with Gasteiger partial charge in [0.15, 0.2) is 5.71 Å². The zero-order valence-corrected chi connectivity index (χ0v) is 31.4. The molecule has 2 aromatic carbocycles. The summed E-state index contributed by atoms with van der Waals surface area (Å²) in [6.45, 7) is 14.7. The highest BCUT2D eigenvalue weighted by Gasteiger charge is 2.45. The molecule has 4 aliphatic rings. The summed E-state index contributed by atoms with van der Waals surface area (Å²) in [5.41, 5.74) is 8.06. The van der Waals surface area contributed by atoms with Crippen LogP contribution in [-0.2, 0) is 30.3 Å². The Morgan fingerprint density at radius 2 is 1.76 bits per heavy atom. The fourth-order valence-electron chi connectivity index (χ4n) is 8.33. The topological polar surface area (TPSA) is 99.3 Å². The molecule has 49 heavy (non-hydrogen) atoms. The van der Waals surface area contributed by atoms with Crippen LogP contribution in [0.1, 0.15) is 84.8 Å². The van der Waals surface area contributed by atoms with E-state index in [4.69, 9.17) is 21.2 Å². The molecule has 1 saturated carbocycles. The molecule has 262 valence electrons. The van der Waals surface area contributed by atoms with Gasteiger partial charge in [-0.3, -0.25) is 4.55 Å².